The van der Waals surface area contributed by atoms with Crippen molar-refractivity contribution in [3.63, 3.8) is 0 Å². The van der Waals surface area contributed by atoms with Gasteiger partial charge in [0, 0.05) is 23.3 Å². The molecule has 0 aliphatic carbocycles. The molecule has 2 aromatic rings. The molecule has 0 fully saturated rings. The molecule has 0 saturated carbocycles. The first kappa shape index (κ1) is 10.1. The number of benzene rings is 1. The van der Waals surface area contributed by atoms with Crippen LogP contribution in [0, 0.1) is 0 Å². The topological polar surface area (TPSA) is 37.8 Å². The molecule has 0 unspecified atom stereocenters. The number of hydrogen-bond acceptors (Lipinski definition) is 3. The van der Waals surface area contributed by atoms with Gasteiger partial charge >= 0.3 is 0 Å². The van der Waals surface area contributed by atoms with Gasteiger partial charge in [-0.05, 0) is 18.2 Å². The Balaban J connectivity index is 2.44. The van der Waals surface area contributed by atoms with Crippen molar-refractivity contribution in [2.75, 3.05) is 12.4 Å². The summed E-state index contributed by atoms with van der Waals surface area (Å²) < 4.78 is 1.03. The molecule has 0 amide bonds. The van der Waals surface area contributed by atoms with Crippen LogP contribution in [-0.4, -0.2) is 17.0 Å². The van der Waals surface area contributed by atoms with Crippen molar-refractivity contribution in [1.29, 1.82) is 0 Å². The van der Waals surface area contributed by atoms with Gasteiger partial charge in [0.05, 0.1) is 0 Å². The Bertz CT molecular complexity index is 471. The molecular weight excluding hydrogens is 254 g/mol. The molecule has 0 atom stereocenters. The fourth-order valence-electron chi connectivity index (χ4n) is 1.26. The Kier molecular flexibility index (Phi) is 2.97. The smallest absolute Gasteiger partial charge is 0.161 e. The lowest BCUT2D eigenvalue weighted by molar-refractivity contribution is 1.17. The highest BCUT2D eigenvalue weighted by molar-refractivity contribution is 9.10. The van der Waals surface area contributed by atoms with Crippen molar-refractivity contribution in [1.82, 2.24) is 9.97 Å². The van der Waals surface area contributed by atoms with Crippen molar-refractivity contribution >= 4 is 21.7 Å². The van der Waals surface area contributed by atoms with Gasteiger partial charge in [-0.2, -0.15) is 0 Å². The van der Waals surface area contributed by atoms with Crippen LogP contribution in [0.5, 0.6) is 0 Å². The van der Waals surface area contributed by atoms with Gasteiger partial charge in [0.25, 0.3) is 0 Å². The summed E-state index contributed by atoms with van der Waals surface area (Å²) in [6.45, 7) is 0. The molecule has 1 N–H and O–H groups in total. The molecule has 1 heterocycles. The molecule has 0 spiro atoms. The predicted molar refractivity (Wildman–Crippen MR) is 64.7 cm³/mol. The lowest BCUT2D eigenvalue weighted by atomic mass is 10.2. The number of hydrogen-bond donors (Lipinski definition) is 1. The van der Waals surface area contributed by atoms with Gasteiger partial charge in [0.1, 0.15) is 5.82 Å². The van der Waals surface area contributed by atoms with Crippen molar-refractivity contribution in [2.45, 2.75) is 0 Å². The van der Waals surface area contributed by atoms with Crippen LogP contribution in [0.15, 0.2) is 41.0 Å². The van der Waals surface area contributed by atoms with Crippen molar-refractivity contribution in [2.24, 2.45) is 0 Å². The molecule has 1 aromatic heterocycles. The van der Waals surface area contributed by atoms with E-state index in [0.717, 1.165) is 21.7 Å². The average molecular weight is 264 g/mol. The molecule has 3 nitrogen and oxygen atoms in total. The Labute approximate surface area is 96.7 Å². The van der Waals surface area contributed by atoms with E-state index in [-0.39, 0.29) is 0 Å². The van der Waals surface area contributed by atoms with Crippen LogP contribution < -0.4 is 5.32 Å². The van der Waals surface area contributed by atoms with Crippen LogP contribution >= 0.6 is 15.9 Å². The van der Waals surface area contributed by atoms with E-state index in [2.05, 4.69) is 31.2 Å². The summed E-state index contributed by atoms with van der Waals surface area (Å²) in [5, 5.41) is 2.99. The lowest BCUT2D eigenvalue weighted by Crippen LogP contribution is -1.95. The molecular formula is C11H10BrN3. The molecule has 0 aliphatic rings. The second kappa shape index (κ2) is 4.40. The van der Waals surface area contributed by atoms with Crippen molar-refractivity contribution in [3.05, 3.63) is 41.0 Å². The number of nitrogens with one attached hydrogen (secondary N) is 1. The standard InChI is InChI=1S/C11H10BrN3/c1-13-10-5-6-14-11(15-10)8-3-2-4-9(12)7-8/h2-7H,1H3,(H,13,14,15). The van der Waals surface area contributed by atoms with Gasteiger partial charge in [-0.1, -0.05) is 28.1 Å². The largest absolute Gasteiger partial charge is 0.373 e. The van der Waals surface area contributed by atoms with Gasteiger partial charge in [-0.25, -0.2) is 9.97 Å². The van der Waals surface area contributed by atoms with Gasteiger partial charge in [0.2, 0.25) is 0 Å². The molecule has 15 heavy (non-hydrogen) atoms. The minimum absolute atomic E-state index is 0.725. The van der Waals surface area contributed by atoms with Crippen molar-refractivity contribution < 1.29 is 0 Å². The maximum Gasteiger partial charge on any atom is 0.161 e. The molecule has 76 valence electrons. The third kappa shape index (κ3) is 2.33. The number of halogens is 1. The SMILES string of the molecule is CNc1ccnc(-c2cccc(Br)c2)n1. The number of anilines is 1. The highest BCUT2D eigenvalue weighted by Gasteiger charge is 2.01. The molecule has 0 radical (unpaired) electrons. The predicted octanol–water partition coefficient (Wildman–Crippen LogP) is 2.95. The van der Waals surface area contributed by atoms with Gasteiger partial charge < -0.3 is 5.32 Å². The highest BCUT2D eigenvalue weighted by Crippen LogP contribution is 2.20. The molecule has 4 heteroatoms. The molecule has 0 bridgehead atoms. The van der Waals surface area contributed by atoms with E-state index in [1.54, 1.807) is 6.20 Å². The van der Waals surface area contributed by atoms with E-state index in [0.29, 0.717) is 0 Å². The van der Waals surface area contributed by atoms with E-state index >= 15 is 0 Å². The second-order valence-electron chi connectivity index (χ2n) is 3.03. The molecule has 2 rings (SSSR count). The lowest BCUT2D eigenvalue weighted by Gasteiger charge is -2.03. The fraction of sp³-hybridized carbons (Fsp3) is 0.0909. The third-order valence-corrected chi connectivity index (χ3v) is 2.49. The highest BCUT2D eigenvalue weighted by atomic mass is 79.9. The van der Waals surface area contributed by atoms with Crippen LogP contribution in [0.25, 0.3) is 11.4 Å². The normalized spacial score (nSPS) is 10.0. The summed E-state index contributed by atoms with van der Waals surface area (Å²) in [6, 6.07) is 9.76. The first-order chi connectivity index (χ1) is 7.29. The Morgan fingerprint density at radius 2 is 2.13 bits per heavy atom. The first-order valence-electron chi connectivity index (χ1n) is 4.56. The van der Waals surface area contributed by atoms with Crippen LogP contribution in [0.2, 0.25) is 0 Å². The Morgan fingerprint density at radius 1 is 1.27 bits per heavy atom. The summed E-state index contributed by atoms with van der Waals surface area (Å²) in [5.41, 5.74) is 1.00. The van der Waals surface area contributed by atoms with E-state index < -0.39 is 0 Å². The monoisotopic (exact) mass is 263 g/mol. The van der Waals surface area contributed by atoms with Crippen LogP contribution in [0.4, 0.5) is 5.82 Å². The minimum atomic E-state index is 0.725. The zero-order chi connectivity index (χ0) is 10.7. The Morgan fingerprint density at radius 3 is 2.87 bits per heavy atom. The maximum atomic E-state index is 4.36. The average Bonchev–Trinajstić information content (AvgIpc) is 2.29. The summed E-state index contributed by atoms with van der Waals surface area (Å²) in [6.07, 6.45) is 1.75. The van der Waals surface area contributed by atoms with Crippen molar-refractivity contribution in [3.8, 4) is 11.4 Å². The quantitative estimate of drug-likeness (QED) is 0.906. The second-order valence-corrected chi connectivity index (χ2v) is 3.94. The zero-order valence-corrected chi connectivity index (χ0v) is 9.82. The summed E-state index contributed by atoms with van der Waals surface area (Å²) in [4.78, 5) is 8.59. The first-order valence-corrected chi connectivity index (χ1v) is 5.35. The number of rotatable bonds is 2. The molecule has 0 aliphatic heterocycles. The third-order valence-electron chi connectivity index (χ3n) is 1.99. The maximum absolute atomic E-state index is 4.36. The minimum Gasteiger partial charge on any atom is -0.373 e. The zero-order valence-electron chi connectivity index (χ0n) is 8.24. The fourth-order valence-corrected chi connectivity index (χ4v) is 1.66. The summed E-state index contributed by atoms with van der Waals surface area (Å²) >= 11 is 3.42. The summed E-state index contributed by atoms with van der Waals surface area (Å²) in [7, 11) is 1.84. The number of nitrogens with zero attached hydrogens (tertiary/aromatic N) is 2. The van der Waals surface area contributed by atoms with Gasteiger partial charge in [-0.15, -0.1) is 0 Å². The van der Waals surface area contributed by atoms with Crippen LogP contribution in [0.1, 0.15) is 0 Å². The van der Waals surface area contributed by atoms with Crippen LogP contribution in [-0.2, 0) is 0 Å². The molecule has 0 saturated heterocycles. The Hall–Kier alpha value is -1.42. The molecule has 1 aromatic carbocycles. The van der Waals surface area contributed by atoms with E-state index in [1.807, 2.05) is 37.4 Å². The van der Waals surface area contributed by atoms with E-state index in [9.17, 15) is 0 Å². The number of aromatic nitrogens is 2. The van der Waals surface area contributed by atoms with E-state index in [1.165, 1.54) is 0 Å². The van der Waals surface area contributed by atoms with E-state index in [4.69, 9.17) is 0 Å². The van der Waals surface area contributed by atoms with Gasteiger partial charge in [-0.3, -0.25) is 0 Å². The summed E-state index contributed by atoms with van der Waals surface area (Å²) in [5.74, 6) is 1.54. The van der Waals surface area contributed by atoms with Gasteiger partial charge in [0.15, 0.2) is 5.82 Å². The van der Waals surface area contributed by atoms with Crippen LogP contribution in [0.3, 0.4) is 0 Å².